The zero-order valence-electron chi connectivity index (χ0n) is 11.7. The Morgan fingerprint density at radius 1 is 1.43 bits per heavy atom. The maximum atomic E-state index is 11.6. The Morgan fingerprint density at radius 3 is 2.90 bits per heavy atom. The van der Waals surface area contributed by atoms with Gasteiger partial charge in [-0.2, -0.15) is 0 Å². The van der Waals surface area contributed by atoms with Crippen molar-refractivity contribution in [1.82, 2.24) is 15.5 Å². The standard InChI is InChI=1S/C14H17N3O4/c1-10-3-2-4-11(7-10)21-9-12(18)15-5-6-17-13(19)8-16-14(17)20/h2-4,7H,5-6,8-9H2,1H3,(H,15,18)(H,16,20). The number of nitrogens with zero attached hydrogens (tertiary/aromatic N) is 1. The van der Waals surface area contributed by atoms with Gasteiger partial charge in [0.25, 0.3) is 5.91 Å². The van der Waals surface area contributed by atoms with Crippen LogP contribution in [0, 0.1) is 6.92 Å². The van der Waals surface area contributed by atoms with Crippen LogP contribution >= 0.6 is 0 Å². The Hall–Kier alpha value is -2.57. The van der Waals surface area contributed by atoms with E-state index in [1.807, 2.05) is 25.1 Å². The lowest BCUT2D eigenvalue weighted by Crippen LogP contribution is -2.39. The SMILES string of the molecule is Cc1cccc(OCC(=O)NCCN2C(=O)CNC2=O)c1. The molecule has 112 valence electrons. The summed E-state index contributed by atoms with van der Waals surface area (Å²) >= 11 is 0. The third kappa shape index (κ3) is 4.20. The van der Waals surface area contributed by atoms with Crippen LogP contribution in [0.4, 0.5) is 4.79 Å². The first kappa shape index (κ1) is 14.8. The molecule has 7 nitrogen and oxygen atoms in total. The molecular formula is C14H17N3O4. The van der Waals surface area contributed by atoms with Crippen molar-refractivity contribution >= 4 is 17.8 Å². The van der Waals surface area contributed by atoms with Crippen LogP contribution in [0.15, 0.2) is 24.3 Å². The van der Waals surface area contributed by atoms with Crippen molar-refractivity contribution in [3.05, 3.63) is 29.8 Å². The zero-order valence-corrected chi connectivity index (χ0v) is 11.7. The summed E-state index contributed by atoms with van der Waals surface area (Å²) in [6.07, 6.45) is 0. The second-order valence-corrected chi connectivity index (χ2v) is 4.66. The highest BCUT2D eigenvalue weighted by molar-refractivity contribution is 6.01. The molecule has 1 heterocycles. The van der Waals surface area contributed by atoms with Crippen molar-refractivity contribution in [3.8, 4) is 5.75 Å². The van der Waals surface area contributed by atoms with Gasteiger partial charge in [-0.3, -0.25) is 14.5 Å². The molecule has 0 aromatic heterocycles. The Labute approximate surface area is 122 Å². The van der Waals surface area contributed by atoms with Crippen LogP contribution in [0.2, 0.25) is 0 Å². The number of ether oxygens (including phenoxy) is 1. The number of aryl methyl sites for hydroxylation is 1. The van der Waals surface area contributed by atoms with Gasteiger partial charge in [-0.15, -0.1) is 0 Å². The summed E-state index contributed by atoms with van der Waals surface area (Å²) in [5.41, 5.74) is 1.05. The van der Waals surface area contributed by atoms with E-state index >= 15 is 0 Å². The van der Waals surface area contributed by atoms with Crippen LogP contribution < -0.4 is 15.4 Å². The van der Waals surface area contributed by atoms with Gasteiger partial charge in [-0.25, -0.2) is 4.79 Å². The van der Waals surface area contributed by atoms with E-state index in [1.54, 1.807) is 6.07 Å². The number of carbonyl (C=O) groups is 3. The van der Waals surface area contributed by atoms with E-state index in [-0.39, 0.29) is 38.1 Å². The summed E-state index contributed by atoms with van der Waals surface area (Å²) in [6.45, 7) is 2.20. The van der Waals surface area contributed by atoms with Crippen molar-refractivity contribution in [1.29, 1.82) is 0 Å². The molecule has 2 rings (SSSR count). The molecule has 0 atom stereocenters. The molecule has 7 heteroatoms. The van der Waals surface area contributed by atoms with Crippen molar-refractivity contribution in [3.63, 3.8) is 0 Å². The highest BCUT2D eigenvalue weighted by Crippen LogP contribution is 2.11. The zero-order chi connectivity index (χ0) is 15.2. The van der Waals surface area contributed by atoms with Crippen LogP contribution in [0.3, 0.4) is 0 Å². The first-order valence-corrected chi connectivity index (χ1v) is 6.60. The summed E-state index contributed by atoms with van der Waals surface area (Å²) in [7, 11) is 0. The number of nitrogens with one attached hydrogen (secondary N) is 2. The minimum absolute atomic E-state index is 0.0171. The third-order valence-electron chi connectivity index (χ3n) is 2.95. The monoisotopic (exact) mass is 291 g/mol. The molecule has 1 fully saturated rings. The number of amides is 4. The molecule has 2 N–H and O–H groups in total. The normalized spacial score (nSPS) is 14.0. The lowest BCUT2D eigenvalue weighted by Gasteiger charge is -2.13. The number of hydrogen-bond acceptors (Lipinski definition) is 4. The van der Waals surface area contributed by atoms with Gasteiger partial charge in [0.05, 0.1) is 6.54 Å². The summed E-state index contributed by atoms with van der Waals surface area (Å²) in [5.74, 6) is 0.0352. The van der Waals surface area contributed by atoms with Gasteiger partial charge in [-0.05, 0) is 24.6 Å². The fourth-order valence-electron chi connectivity index (χ4n) is 1.89. The molecule has 4 amide bonds. The summed E-state index contributed by atoms with van der Waals surface area (Å²) in [4.78, 5) is 35.2. The highest BCUT2D eigenvalue weighted by Gasteiger charge is 2.27. The Balaban J connectivity index is 1.68. The average Bonchev–Trinajstić information content (AvgIpc) is 2.77. The Bertz CT molecular complexity index is 543. The van der Waals surface area contributed by atoms with E-state index in [2.05, 4.69) is 10.6 Å². The molecular weight excluding hydrogens is 274 g/mol. The third-order valence-corrected chi connectivity index (χ3v) is 2.95. The largest absolute Gasteiger partial charge is 0.484 e. The number of carbonyl (C=O) groups excluding carboxylic acids is 3. The smallest absolute Gasteiger partial charge is 0.324 e. The van der Waals surface area contributed by atoms with Gasteiger partial charge >= 0.3 is 6.03 Å². The van der Waals surface area contributed by atoms with Crippen molar-refractivity contribution in [2.24, 2.45) is 0 Å². The maximum absolute atomic E-state index is 11.6. The van der Waals surface area contributed by atoms with Crippen LogP contribution in [0.5, 0.6) is 5.75 Å². The molecule has 0 radical (unpaired) electrons. The molecule has 0 spiro atoms. The minimum Gasteiger partial charge on any atom is -0.484 e. The van der Waals surface area contributed by atoms with Gasteiger partial charge < -0.3 is 15.4 Å². The first-order chi connectivity index (χ1) is 10.1. The average molecular weight is 291 g/mol. The quantitative estimate of drug-likeness (QED) is 0.725. The van der Waals surface area contributed by atoms with Crippen molar-refractivity contribution in [2.75, 3.05) is 26.2 Å². The molecule has 1 saturated heterocycles. The summed E-state index contributed by atoms with van der Waals surface area (Å²) in [6, 6.07) is 6.96. The summed E-state index contributed by atoms with van der Waals surface area (Å²) < 4.78 is 5.34. The predicted molar refractivity (Wildman–Crippen MR) is 74.8 cm³/mol. The van der Waals surface area contributed by atoms with Gasteiger partial charge in [0.15, 0.2) is 6.61 Å². The topological polar surface area (TPSA) is 87.7 Å². The molecule has 0 saturated carbocycles. The predicted octanol–water partition coefficient (Wildman–Crippen LogP) is 0.0418. The van der Waals surface area contributed by atoms with Crippen LogP contribution in [0.1, 0.15) is 5.56 Å². The molecule has 0 aliphatic carbocycles. The molecule has 0 bridgehead atoms. The molecule has 1 aromatic rings. The van der Waals surface area contributed by atoms with Crippen LogP contribution in [0.25, 0.3) is 0 Å². The van der Waals surface area contributed by atoms with Gasteiger partial charge in [-0.1, -0.05) is 12.1 Å². The second kappa shape index (κ2) is 6.74. The van der Waals surface area contributed by atoms with E-state index in [4.69, 9.17) is 4.74 Å². The molecule has 1 aromatic carbocycles. The number of urea groups is 1. The van der Waals surface area contributed by atoms with Gasteiger partial charge in [0.2, 0.25) is 5.91 Å². The molecule has 0 unspecified atom stereocenters. The van der Waals surface area contributed by atoms with Crippen LogP contribution in [-0.4, -0.2) is 49.0 Å². The molecule has 1 aliphatic rings. The van der Waals surface area contributed by atoms with E-state index in [0.29, 0.717) is 5.75 Å². The lowest BCUT2D eigenvalue weighted by molar-refractivity contribution is -0.126. The minimum atomic E-state index is -0.426. The second-order valence-electron chi connectivity index (χ2n) is 4.66. The van der Waals surface area contributed by atoms with Gasteiger partial charge in [0.1, 0.15) is 5.75 Å². The first-order valence-electron chi connectivity index (χ1n) is 6.60. The molecule has 1 aliphatic heterocycles. The van der Waals surface area contributed by atoms with E-state index in [1.165, 1.54) is 0 Å². The lowest BCUT2D eigenvalue weighted by atomic mass is 10.2. The van der Waals surface area contributed by atoms with Crippen LogP contribution in [-0.2, 0) is 9.59 Å². The fourth-order valence-corrected chi connectivity index (χ4v) is 1.89. The highest BCUT2D eigenvalue weighted by atomic mass is 16.5. The maximum Gasteiger partial charge on any atom is 0.324 e. The van der Waals surface area contributed by atoms with E-state index in [9.17, 15) is 14.4 Å². The molecule has 21 heavy (non-hydrogen) atoms. The van der Waals surface area contributed by atoms with Gasteiger partial charge in [0, 0.05) is 13.1 Å². The Morgan fingerprint density at radius 2 is 2.24 bits per heavy atom. The number of rotatable bonds is 6. The van der Waals surface area contributed by atoms with E-state index in [0.717, 1.165) is 10.5 Å². The van der Waals surface area contributed by atoms with Crippen molar-refractivity contribution < 1.29 is 19.1 Å². The fraction of sp³-hybridized carbons (Fsp3) is 0.357. The number of imide groups is 1. The van der Waals surface area contributed by atoms with Crippen molar-refractivity contribution in [2.45, 2.75) is 6.92 Å². The number of hydrogen-bond donors (Lipinski definition) is 2. The number of benzene rings is 1. The summed E-state index contributed by atoms with van der Waals surface area (Å²) in [5, 5.41) is 5.01. The Kier molecular flexibility index (Phi) is 4.76. The van der Waals surface area contributed by atoms with E-state index < -0.39 is 6.03 Å².